The SMILES string of the molecule is O=C(O)N1CCN(Cc2ccc(Cl)cc2N2CC[C@H](N3CCCC3=O)C2)CC1. The van der Waals surface area contributed by atoms with Gasteiger partial charge in [-0.2, -0.15) is 0 Å². The lowest BCUT2D eigenvalue weighted by Crippen LogP contribution is -2.47. The van der Waals surface area contributed by atoms with E-state index in [2.05, 4.69) is 20.8 Å². The van der Waals surface area contributed by atoms with E-state index in [0.717, 1.165) is 62.8 Å². The molecule has 0 aliphatic carbocycles. The van der Waals surface area contributed by atoms with Crippen LogP contribution in [-0.4, -0.2) is 83.7 Å². The largest absolute Gasteiger partial charge is 0.465 e. The van der Waals surface area contributed by atoms with Crippen molar-refractivity contribution in [2.75, 3.05) is 50.7 Å². The molecule has 3 aliphatic rings. The molecule has 4 rings (SSSR count). The van der Waals surface area contributed by atoms with Gasteiger partial charge in [-0.1, -0.05) is 17.7 Å². The molecule has 3 aliphatic heterocycles. The number of hydrogen-bond acceptors (Lipinski definition) is 4. The maximum atomic E-state index is 12.1. The van der Waals surface area contributed by atoms with E-state index in [9.17, 15) is 9.59 Å². The summed E-state index contributed by atoms with van der Waals surface area (Å²) in [5, 5.41) is 9.84. The average Bonchev–Trinajstić information content (AvgIpc) is 3.32. The van der Waals surface area contributed by atoms with Crippen LogP contribution in [-0.2, 0) is 11.3 Å². The van der Waals surface area contributed by atoms with Gasteiger partial charge in [0.05, 0.1) is 6.04 Å². The zero-order valence-electron chi connectivity index (χ0n) is 16.0. The molecule has 0 aromatic heterocycles. The van der Waals surface area contributed by atoms with Gasteiger partial charge in [0.15, 0.2) is 0 Å². The van der Waals surface area contributed by atoms with E-state index in [0.29, 0.717) is 25.6 Å². The standard InChI is InChI=1S/C20H27ClN4O3/c21-16-4-3-15(13-22-8-10-23(11-9-22)20(27)28)18(12-16)24-7-5-17(14-24)25-6-1-2-19(25)26/h3-4,12,17H,1-2,5-11,13-14H2,(H,27,28)/t17-/m0/s1. The molecule has 3 fully saturated rings. The second-order valence-corrected chi connectivity index (χ2v) is 8.33. The zero-order valence-corrected chi connectivity index (χ0v) is 16.8. The number of piperazine rings is 1. The van der Waals surface area contributed by atoms with Crippen LogP contribution in [0.2, 0.25) is 5.02 Å². The lowest BCUT2D eigenvalue weighted by atomic mass is 10.1. The molecule has 1 aromatic carbocycles. The maximum Gasteiger partial charge on any atom is 0.407 e. The summed E-state index contributed by atoms with van der Waals surface area (Å²) in [6.45, 7) is 6.00. The van der Waals surface area contributed by atoms with Crippen molar-refractivity contribution < 1.29 is 14.7 Å². The van der Waals surface area contributed by atoms with Crippen LogP contribution in [0.5, 0.6) is 0 Å². The van der Waals surface area contributed by atoms with Crippen LogP contribution < -0.4 is 4.90 Å². The Labute approximate surface area is 170 Å². The number of halogens is 1. The van der Waals surface area contributed by atoms with Crippen molar-refractivity contribution in [2.45, 2.75) is 31.8 Å². The van der Waals surface area contributed by atoms with Gasteiger partial charge in [0.25, 0.3) is 0 Å². The molecule has 1 atom stereocenters. The molecule has 0 unspecified atom stereocenters. The fourth-order valence-electron chi connectivity index (χ4n) is 4.57. The normalized spacial score (nSPS) is 23.7. The lowest BCUT2D eigenvalue weighted by molar-refractivity contribution is -0.129. The van der Waals surface area contributed by atoms with Gasteiger partial charge in [0.1, 0.15) is 0 Å². The highest BCUT2D eigenvalue weighted by Crippen LogP contribution is 2.31. The van der Waals surface area contributed by atoms with E-state index in [4.69, 9.17) is 16.7 Å². The van der Waals surface area contributed by atoms with Gasteiger partial charge in [-0.05, 0) is 30.5 Å². The zero-order chi connectivity index (χ0) is 19.7. The van der Waals surface area contributed by atoms with Crippen LogP contribution in [0.3, 0.4) is 0 Å². The van der Waals surface area contributed by atoms with Crippen LogP contribution in [0.25, 0.3) is 0 Å². The van der Waals surface area contributed by atoms with Crippen molar-refractivity contribution in [2.24, 2.45) is 0 Å². The Bertz CT molecular complexity index is 751. The quantitative estimate of drug-likeness (QED) is 0.831. The molecule has 0 bridgehead atoms. The monoisotopic (exact) mass is 406 g/mol. The van der Waals surface area contributed by atoms with Gasteiger partial charge in [-0.25, -0.2) is 4.79 Å². The predicted molar refractivity (Wildman–Crippen MR) is 108 cm³/mol. The van der Waals surface area contributed by atoms with Crippen LogP contribution in [0.1, 0.15) is 24.8 Å². The molecule has 28 heavy (non-hydrogen) atoms. The third-order valence-electron chi connectivity index (χ3n) is 6.14. The van der Waals surface area contributed by atoms with Gasteiger partial charge in [0.2, 0.25) is 5.91 Å². The fourth-order valence-corrected chi connectivity index (χ4v) is 4.74. The number of carbonyl (C=O) groups is 2. The molecule has 3 saturated heterocycles. The molecule has 2 amide bonds. The first-order chi connectivity index (χ1) is 13.5. The highest BCUT2D eigenvalue weighted by molar-refractivity contribution is 6.30. The summed E-state index contributed by atoms with van der Waals surface area (Å²) in [6.07, 6.45) is 1.81. The van der Waals surface area contributed by atoms with Crippen LogP contribution >= 0.6 is 11.6 Å². The Hall–Kier alpha value is -1.99. The number of rotatable bonds is 4. The van der Waals surface area contributed by atoms with Crippen molar-refractivity contribution >= 4 is 29.3 Å². The van der Waals surface area contributed by atoms with Crippen LogP contribution in [0.4, 0.5) is 10.5 Å². The summed E-state index contributed by atoms with van der Waals surface area (Å²) in [6, 6.07) is 6.32. The summed E-state index contributed by atoms with van der Waals surface area (Å²) in [5.74, 6) is 0.287. The first-order valence-corrected chi connectivity index (χ1v) is 10.4. The number of nitrogens with zero attached hydrogens (tertiary/aromatic N) is 4. The number of carbonyl (C=O) groups excluding carboxylic acids is 1. The van der Waals surface area contributed by atoms with E-state index >= 15 is 0 Å². The number of anilines is 1. The summed E-state index contributed by atoms with van der Waals surface area (Å²) in [5.41, 5.74) is 2.35. The third-order valence-corrected chi connectivity index (χ3v) is 6.37. The average molecular weight is 407 g/mol. The highest BCUT2D eigenvalue weighted by Gasteiger charge is 2.34. The Morgan fingerprint density at radius 2 is 1.93 bits per heavy atom. The lowest BCUT2D eigenvalue weighted by Gasteiger charge is -2.34. The molecule has 1 N–H and O–H groups in total. The van der Waals surface area contributed by atoms with Crippen LogP contribution in [0.15, 0.2) is 18.2 Å². The molecule has 152 valence electrons. The fraction of sp³-hybridized carbons (Fsp3) is 0.600. The Morgan fingerprint density at radius 3 is 2.61 bits per heavy atom. The second kappa shape index (κ2) is 8.17. The Kier molecular flexibility index (Phi) is 5.64. The summed E-state index contributed by atoms with van der Waals surface area (Å²) in [7, 11) is 0. The first-order valence-electron chi connectivity index (χ1n) is 10.0. The molecule has 1 aromatic rings. The molecular weight excluding hydrogens is 380 g/mol. The van der Waals surface area contributed by atoms with E-state index in [-0.39, 0.29) is 5.91 Å². The summed E-state index contributed by atoms with van der Waals surface area (Å²) in [4.78, 5) is 31.4. The van der Waals surface area contributed by atoms with Crippen molar-refractivity contribution in [1.82, 2.24) is 14.7 Å². The number of carboxylic acid groups (broad SMARTS) is 1. The number of benzene rings is 1. The second-order valence-electron chi connectivity index (χ2n) is 7.90. The topological polar surface area (TPSA) is 67.3 Å². The van der Waals surface area contributed by atoms with Crippen molar-refractivity contribution in [1.29, 1.82) is 0 Å². The van der Waals surface area contributed by atoms with Crippen molar-refractivity contribution in [3.05, 3.63) is 28.8 Å². The molecule has 0 radical (unpaired) electrons. The van der Waals surface area contributed by atoms with Crippen molar-refractivity contribution in [3.8, 4) is 0 Å². The minimum Gasteiger partial charge on any atom is -0.465 e. The molecule has 7 nitrogen and oxygen atoms in total. The van der Waals surface area contributed by atoms with Gasteiger partial charge in [-0.3, -0.25) is 9.69 Å². The van der Waals surface area contributed by atoms with Gasteiger partial charge >= 0.3 is 6.09 Å². The highest BCUT2D eigenvalue weighted by atomic mass is 35.5. The van der Waals surface area contributed by atoms with Gasteiger partial charge in [0, 0.05) is 69.5 Å². The number of likely N-dealkylation sites (tertiary alicyclic amines) is 1. The minimum atomic E-state index is -0.841. The van der Waals surface area contributed by atoms with Crippen molar-refractivity contribution in [3.63, 3.8) is 0 Å². The van der Waals surface area contributed by atoms with E-state index < -0.39 is 6.09 Å². The molecule has 3 heterocycles. The van der Waals surface area contributed by atoms with E-state index in [1.54, 1.807) is 0 Å². The molecule has 0 saturated carbocycles. The summed E-state index contributed by atoms with van der Waals surface area (Å²) < 4.78 is 0. The predicted octanol–water partition coefficient (Wildman–Crippen LogP) is 2.34. The first kappa shape index (κ1) is 19.3. The van der Waals surface area contributed by atoms with E-state index in [1.807, 2.05) is 12.1 Å². The van der Waals surface area contributed by atoms with E-state index in [1.165, 1.54) is 10.5 Å². The molecule has 8 heteroatoms. The number of hydrogen-bond donors (Lipinski definition) is 1. The van der Waals surface area contributed by atoms with Gasteiger partial charge in [-0.15, -0.1) is 0 Å². The Morgan fingerprint density at radius 1 is 1.14 bits per heavy atom. The molecule has 0 spiro atoms. The van der Waals surface area contributed by atoms with Gasteiger partial charge < -0.3 is 19.8 Å². The summed E-state index contributed by atoms with van der Waals surface area (Å²) >= 11 is 6.30. The Balaban J connectivity index is 1.44. The van der Waals surface area contributed by atoms with Crippen LogP contribution in [0, 0.1) is 0 Å². The minimum absolute atomic E-state index is 0.287. The molecular formula is C20H27ClN4O3. The third kappa shape index (κ3) is 4.05. The smallest absolute Gasteiger partial charge is 0.407 e. The maximum absolute atomic E-state index is 12.1. The number of amides is 2.